The SMILES string of the molecule is CCOc1ccc([C@@H]2/C(=C(\O)c3ccc(OCc4ccccc4)c(C)c3)C(=O)C(=O)N2CCCN2CCOCC2)cc1OC. The van der Waals surface area contributed by atoms with E-state index in [0.717, 1.165) is 30.8 Å². The number of hydrogen-bond acceptors (Lipinski definition) is 8. The van der Waals surface area contributed by atoms with E-state index >= 15 is 0 Å². The van der Waals surface area contributed by atoms with Gasteiger partial charge < -0.3 is 29.0 Å². The third-order valence-corrected chi connectivity index (χ3v) is 8.01. The van der Waals surface area contributed by atoms with Crippen molar-refractivity contribution in [3.05, 3.63) is 94.6 Å². The Morgan fingerprint density at radius 2 is 1.68 bits per heavy atom. The summed E-state index contributed by atoms with van der Waals surface area (Å²) in [5, 5.41) is 11.6. The van der Waals surface area contributed by atoms with Crippen molar-refractivity contribution in [2.45, 2.75) is 32.9 Å². The van der Waals surface area contributed by atoms with Gasteiger partial charge in [-0.2, -0.15) is 0 Å². The van der Waals surface area contributed by atoms with Gasteiger partial charge in [0.2, 0.25) is 0 Å². The number of morpholine rings is 1. The number of aliphatic hydroxyl groups is 1. The minimum Gasteiger partial charge on any atom is -0.507 e. The van der Waals surface area contributed by atoms with E-state index in [9.17, 15) is 14.7 Å². The summed E-state index contributed by atoms with van der Waals surface area (Å²) in [5.74, 6) is 0.139. The Labute approximate surface area is 258 Å². The maximum absolute atomic E-state index is 13.6. The number of likely N-dealkylation sites (tertiary alicyclic amines) is 1. The standard InChI is InChI=1S/C35H40N2O7/c1-4-43-29-14-11-26(22-30(29)41-3)32-31(34(39)35(40)37(32)16-8-15-36-17-19-42-20-18-36)33(38)27-12-13-28(24(2)21-27)44-23-25-9-6-5-7-10-25/h5-7,9-14,21-22,32,38H,4,8,15-20,23H2,1-3H3/b33-31+/t32-/m1/s1. The molecular formula is C35H40N2O7. The summed E-state index contributed by atoms with van der Waals surface area (Å²) in [7, 11) is 1.55. The molecule has 5 rings (SSSR count). The molecule has 3 aromatic carbocycles. The zero-order valence-corrected chi connectivity index (χ0v) is 25.6. The van der Waals surface area contributed by atoms with Gasteiger partial charge >= 0.3 is 0 Å². The van der Waals surface area contributed by atoms with Gasteiger partial charge in [-0.05, 0) is 67.3 Å². The third-order valence-electron chi connectivity index (χ3n) is 8.01. The number of aryl methyl sites for hydroxylation is 1. The first-order valence-corrected chi connectivity index (χ1v) is 15.1. The molecule has 0 spiro atoms. The Balaban J connectivity index is 1.47. The molecule has 2 saturated heterocycles. The van der Waals surface area contributed by atoms with Crippen molar-refractivity contribution in [3.8, 4) is 17.2 Å². The number of carbonyl (C=O) groups excluding carboxylic acids is 2. The molecule has 44 heavy (non-hydrogen) atoms. The first-order valence-electron chi connectivity index (χ1n) is 15.1. The summed E-state index contributed by atoms with van der Waals surface area (Å²) in [6.45, 7) is 8.80. The highest BCUT2D eigenvalue weighted by molar-refractivity contribution is 6.46. The fourth-order valence-corrected chi connectivity index (χ4v) is 5.73. The molecular weight excluding hydrogens is 560 g/mol. The zero-order chi connectivity index (χ0) is 31.1. The lowest BCUT2D eigenvalue weighted by atomic mass is 9.94. The number of ketones is 1. The Hall–Kier alpha value is -4.34. The van der Waals surface area contributed by atoms with Crippen LogP contribution in [0.4, 0.5) is 0 Å². The van der Waals surface area contributed by atoms with E-state index in [4.69, 9.17) is 18.9 Å². The molecule has 2 aliphatic rings. The molecule has 0 radical (unpaired) electrons. The maximum atomic E-state index is 13.6. The fourth-order valence-electron chi connectivity index (χ4n) is 5.73. The number of methoxy groups -OCH3 is 1. The molecule has 2 heterocycles. The van der Waals surface area contributed by atoms with Crippen LogP contribution in [0.1, 0.15) is 41.6 Å². The molecule has 0 bridgehead atoms. The van der Waals surface area contributed by atoms with Crippen LogP contribution < -0.4 is 14.2 Å². The van der Waals surface area contributed by atoms with Gasteiger partial charge in [-0.3, -0.25) is 14.5 Å². The van der Waals surface area contributed by atoms with Crippen LogP contribution in [0.15, 0.2) is 72.3 Å². The number of benzene rings is 3. The molecule has 9 nitrogen and oxygen atoms in total. The van der Waals surface area contributed by atoms with E-state index in [-0.39, 0.29) is 11.3 Å². The number of ether oxygens (including phenoxy) is 4. The summed E-state index contributed by atoms with van der Waals surface area (Å²) in [6.07, 6.45) is 0.671. The Morgan fingerprint density at radius 3 is 2.39 bits per heavy atom. The molecule has 1 atom stereocenters. The van der Waals surface area contributed by atoms with E-state index in [1.165, 1.54) is 0 Å². The van der Waals surface area contributed by atoms with Crippen LogP contribution in [0, 0.1) is 6.92 Å². The van der Waals surface area contributed by atoms with Crippen molar-refractivity contribution in [2.24, 2.45) is 0 Å². The van der Waals surface area contributed by atoms with E-state index in [2.05, 4.69) is 4.90 Å². The summed E-state index contributed by atoms with van der Waals surface area (Å²) in [6, 6.07) is 19.7. The lowest BCUT2D eigenvalue weighted by molar-refractivity contribution is -0.140. The van der Waals surface area contributed by atoms with Gasteiger partial charge in [0.1, 0.15) is 18.1 Å². The second-order valence-corrected chi connectivity index (χ2v) is 10.9. The Kier molecular flexibility index (Phi) is 10.2. The van der Waals surface area contributed by atoms with Gasteiger partial charge in [-0.1, -0.05) is 36.4 Å². The average Bonchev–Trinajstić information content (AvgIpc) is 3.30. The van der Waals surface area contributed by atoms with Crippen molar-refractivity contribution in [1.29, 1.82) is 0 Å². The minimum absolute atomic E-state index is 0.0462. The van der Waals surface area contributed by atoms with Gasteiger partial charge in [0.05, 0.1) is 38.5 Å². The first kappa shape index (κ1) is 31.1. The molecule has 3 aromatic rings. The Morgan fingerprint density at radius 1 is 0.932 bits per heavy atom. The molecule has 0 aromatic heterocycles. The first-order chi connectivity index (χ1) is 21.4. The average molecular weight is 601 g/mol. The van der Waals surface area contributed by atoms with Gasteiger partial charge in [-0.15, -0.1) is 0 Å². The van der Waals surface area contributed by atoms with Crippen LogP contribution in [-0.4, -0.2) is 79.7 Å². The number of rotatable bonds is 12. The van der Waals surface area contributed by atoms with Crippen molar-refractivity contribution in [3.63, 3.8) is 0 Å². The second-order valence-electron chi connectivity index (χ2n) is 10.9. The molecule has 0 unspecified atom stereocenters. The van der Waals surface area contributed by atoms with Crippen molar-refractivity contribution in [1.82, 2.24) is 9.80 Å². The molecule has 2 fully saturated rings. The highest BCUT2D eigenvalue weighted by Gasteiger charge is 2.46. The van der Waals surface area contributed by atoms with Crippen molar-refractivity contribution in [2.75, 3.05) is 53.1 Å². The zero-order valence-electron chi connectivity index (χ0n) is 25.6. The number of carbonyl (C=O) groups is 2. The van der Waals surface area contributed by atoms with Crippen molar-refractivity contribution >= 4 is 17.4 Å². The molecule has 232 valence electrons. The number of nitrogens with zero attached hydrogens (tertiary/aromatic N) is 2. The molecule has 1 amide bonds. The van der Waals surface area contributed by atoms with E-state index in [1.807, 2.05) is 50.2 Å². The van der Waals surface area contributed by atoms with Crippen LogP contribution in [0.2, 0.25) is 0 Å². The fraction of sp³-hybridized carbons (Fsp3) is 0.371. The van der Waals surface area contributed by atoms with E-state index < -0.39 is 17.7 Å². The maximum Gasteiger partial charge on any atom is 0.295 e. The number of hydrogen-bond donors (Lipinski definition) is 1. The molecule has 0 aliphatic carbocycles. The molecule has 1 N–H and O–H groups in total. The number of aliphatic hydroxyl groups excluding tert-OH is 1. The molecule has 2 aliphatic heterocycles. The van der Waals surface area contributed by atoms with E-state index in [1.54, 1.807) is 42.3 Å². The summed E-state index contributed by atoms with van der Waals surface area (Å²) in [5.41, 5.74) is 2.97. The predicted octanol–water partition coefficient (Wildman–Crippen LogP) is 5.13. The lowest BCUT2D eigenvalue weighted by Gasteiger charge is -2.29. The van der Waals surface area contributed by atoms with Crippen molar-refractivity contribution < 1.29 is 33.6 Å². The summed E-state index contributed by atoms with van der Waals surface area (Å²) < 4.78 is 22.8. The number of Topliss-reactive ketones (excluding diaryl/α,β-unsaturated/α-hetero) is 1. The lowest BCUT2D eigenvalue weighted by Crippen LogP contribution is -2.39. The smallest absolute Gasteiger partial charge is 0.295 e. The number of amides is 1. The van der Waals surface area contributed by atoms with Crippen LogP contribution in [0.5, 0.6) is 17.2 Å². The highest BCUT2D eigenvalue weighted by Crippen LogP contribution is 2.42. The van der Waals surface area contributed by atoms with Crippen LogP contribution in [-0.2, 0) is 20.9 Å². The Bertz CT molecular complexity index is 1500. The van der Waals surface area contributed by atoms with Gasteiger partial charge in [-0.25, -0.2) is 0 Å². The monoisotopic (exact) mass is 600 g/mol. The van der Waals surface area contributed by atoms with Gasteiger partial charge in [0.15, 0.2) is 11.5 Å². The van der Waals surface area contributed by atoms with Gasteiger partial charge in [0.25, 0.3) is 11.7 Å². The molecule has 9 heteroatoms. The second kappa shape index (κ2) is 14.4. The topological polar surface area (TPSA) is 97.8 Å². The van der Waals surface area contributed by atoms with Gasteiger partial charge in [0, 0.05) is 31.7 Å². The highest BCUT2D eigenvalue weighted by atomic mass is 16.5. The third kappa shape index (κ3) is 6.90. The van der Waals surface area contributed by atoms with E-state index in [0.29, 0.717) is 67.8 Å². The predicted molar refractivity (Wildman–Crippen MR) is 167 cm³/mol. The largest absolute Gasteiger partial charge is 0.507 e. The van der Waals surface area contributed by atoms with Crippen LogP contribution in [0.25, 0.3) is 5.76 Å². The quantitative estimate of drug-likeness (QED) is 0.174. The summed E-state index contributed by atoms with van der Waals surface area (Å²) >= 11 is 0. The molecule has 0 saturated carbocycles. The minimum atomic E-state index is -0.793. The normalized spacial score (nSPS) is 18.4. The summed E-state index contributed by atoms with van der Waals surface area (Å²) in [4.78, 5) is 31.0. The van der Waals surface area contributed by atoms with Crippen LogP contribution >= 0.6 is 0 Å². The van der Waals surface area contributed by atoms with Crippen LogP contribution in [0.3, 0.4) is 0 Å².